The Morgan fingerprint density at radius 2 is 1.63 bits per heavy atom. The topological polar surface area (TPSA) is 55.1 Å². The van der Waals surface area contributed by atoms with Gasteiger partial charge in [0, 0.05) is 13.1 Å². The van der Waals surface area contributed by atoms with Crippen molar-refractivity contribution in [1.29, 1.82) is 0 Å². The van der Waals surface area contributed by atoms with Crippen molar-refractivity contribution >= 4 is 5.91 Å². The van der Waals surface area contributed by atoms with E-state index in [1.807, 2.05) is 0 Å². The quantitative estimate of drug-likeness (QED) is 0.675. The van der Waals surface area contributed by atoms with Gasteiger partial charge < -0.3 is 11.1 Å². The maximum absolute atomic E-state index is 12.6. The Balaban J connectivity index is 4.74. The van der Waals surface area contributed by atoms with Crippen LogP contribution in [0.25, 0.3) is 0 Å². The van der Waals surface area contributed by atoms with E-state index < -0.39 is 0 Å². The van der Waals surface area contributed by atoms with E-state index in [1.165, 1.54) is 0 Å². The molecule has 0 unspecified atom stereocenters. The highest BCUT2D eigenvalue weighted by Crippen LogP contribution is 2.30. The first-order valence-corrected chi connectivity index (χ1v) is 7.74. The van der Waals surface area contributed by atoms with Gasteiger partial charge in [-0.3, -0.25) is 4.79 Å². The summed E-state index contributed by atoms with van der Waals surface area (Å²) in [5.41, 5.74) is 5.67. The average molecular weight is 270 g/mol. The monoisotopic (exact) mass is 270 g/mol. The summed E-state index contributed by atoms with van der Waals surface area (Å²) in [4.78, 5) is 12.6. The van der Waals surface area contributed by atoms with Crippen molar-refractivity contribution in [3.05, 3.63) is 0 Å². The van der Waals surface area contributed by atoms with Crippen molar-refractivity contribution in [1.82, 2.24) is 5.32 Å². The van der Waals surface area contributed by atoms with Gasteiger partial charge >= 0.3 is 0 Å². The van der Waals surface area contributed by atoms with E-state index in [0.717, 1.165) is 32.2 Å². The summed E-state index contributed by atoms with van der Waals surface area (Å²) in [6.07, 6.45) is 3.76. The van der Waals surface area contributed by atoms with E-state index in [9.17, 15) is 4.79 Å². The maximum atomic E-state index is 12.6. The summed E-state index contributed by atoms with van der Waals surface area (Å²) in [7, 11) is 0. The Morgan fingerprint density at radius 1 is 1.16 bits per heavy atom. The molecule has 3 N–H and O–H groups in total. The van der Waals surface area contributed by atoms with Crippen LogP contribution in [0.15, 0.2) is 0 Å². The van der Waals surface area contributed by atoms with Crippen LogP contribution in [0, 0.1) is 16.7 Å². The summed E-state index contributed by atoms with van der Waals surface area (Å²) in [6.45, 7) is 14.2. The van der Waals surface area contributed by atoms with Gasteiger partial charge in [0.1, 0.15) is 0 Å². The molecule has 0 saturated heterocycles. The first-order chi connectivity index (χ1) is 8.75. The number of nitrogens with two attached hydrogens (primary N) is 1. The van der Waals surface area contributed by atoms with Gasteiger partial charge in [0.25, 0.3) is 0 Å². The maximum Gasteiger partial charge on any atom is 0.227 e. The molecule has 0 aromatic rings. The van der Waals surface area contributed by atoms with Crippen LogP contribution in [0.2, 0.25) is 0 Å². The molecule has 0 rings (SSSR count). The first-order valence-electron chi connectivity index (χ1n) is 7.74. The van der Waals surface area contributed by atoms with Crippen LogP contribution in [0.1, 0.15) is 67.2 Å². The smallest absolute Gasteiger partial charge is 0.227 e. The lowest BCUT2D eigenvalue weighted by molar-refractivity contribution is -0.132. The highest BCUT2D eigenvalue weighted by molar-refractivity contribution is 5.82. The van der Waals surface area contributed by atoms with Gasteiger partial charge in [0.15, 0.2) is 0 Å². The van der Waals surface area contributed by atoms with Crippen molar-refractivity contribution < 1.29 is 4.79 Å². The predicted molar refractivity (Wildman–Crippen MR) is 82.9 cm³/mol. The zero-order chi connectivity index (χ0) is 15.1. The predicted octanol–water partition coefficient (Wildman–Crippen LogP) is 3.33. The highest BCUT2D eigenvalue weighted by Gasteiger charge is 2.36. The minimum absolute atomic E-state index is 0.119. The lowest BCUT2D eigenvalue weighted by atomic mass is 9.77. The molecule has 0 radical (unpaired) electrons. The standard InChI is InChI=1S/C16H34N2O/c1-7-9-16(11-17,10-8-2)14(19)18-12-15(5,6)13(3)4/h13H,7-12,17H2,1-6H3,(H,18,19). The van der Waals surface area contributed by atoms with Crippen LogP contribution < -0.4 is 11.1 Å². The molecule has 0 heterocycles. The normalized spacial score (nSPS) is 12.8. The molecule has 0 atom stereocenters. The molecule has 0 aliphatic carbocycles. The van der Waals surface area contributed by atoms with Crippen LogP contribution >= 0.6 is 0 Å². The van der Waals surface area contributed by atoms with E-state index in [0.29, 0.717) is 12.5 Å². The Hall–Kier alpha value is -0.570. The molecule has 0 fully saturated rings. The summed E-state index contributed by atoms with van der Waals surface area (Å²) in [6, 6.07) is 0. The molecule has 1 amide bonds. The van der Waals surface area contributed by atoms with Gasteiger partial charge in [-0.25, -0.2) is 0 Å². The fraction of sp³-hybridized carbons (Fsp3) is 0.938. The average Bonchev–Trinajstić information content (AvgIpc) is 2.35. The van der Waals surface area contributed by atoms with Crippen LogP contribution in [0.3, 0.4) is 0 Å². The van der Waals surface area contributed by atoms with Crippen molar-refractivity contribution in [2.45, 2.75) is 67.2 Å². The summed E-state index contributed by atoms with van der Waals surface area (Å²) < 4.78 is 0. The Labute approximate surface area is 119 Å². The molecule has 0 bridgehead atoms. The molecule has 3 heteroatoms. The van der Waals surface area contributed by atoms with Crippen LogP contribution in [0.5, 0.6) is 0 Å². The fourth-order valence-corrected chi connectivity index (χ4v) is 2.31. The third kappa shape index (κ3) is 5.13. The van der Waals surface area contributed by atoms with Gasteiger partial charge in [0.05, 0.1) is 5.41 Å². The van der Waals surface area contributed by atoms with Crippen molar-refractivity contribution in [2.75, 3.05) is 13.1 Å². The SMILES string of the molecule is CCCC(CN)(CCC)C(=O)NCC(C)(C)C(C)C. The molecule has 0 aliphatic rings. The highest BCUT2D eigenvalue weighted by atomic mass is 16.2. The van der Waals surface area contributed by atoms with Gasteiger partial charge in [-0.1, -0.05) is 54.4 Å². The van der Waals surface area contributed by atoms with Crippen LogP contribution in [-0.4, -0.2) is 19.0 Å². The molecular weight excluding hydrogens is 236 g/mol. The summed E-state index contributed by atoms with van der Waals surface area (Å²) >= 11 is 0. The van der Waals surface area contributed by atoms with E-state index in [-0.39, 0.29) is 16.7 Å². The zero-order valence-electron chi connectivity index (χ0n) is 13.8. The van der Waals surface area contributed by atoms with Crippen LogP contribution in [0.4, 0.5) is 0 Å². The molecular formula is C16H34N2O. The second-order valence-corrected chi connectivity index (χ2v) is 6.81. The Morgan fingerprint density at radius 3 is 1.95 bits per heavy atom. The van der Waals surface area contributed by atoms with Crippen molar-refractivity contribution in [3.63, 3.8) is 0 Å². The second kappa shape index (κ2) is 7.88. The van der Waals surface area contributed by atoms with Gasteiger partial charge in [-0.2, -0.15) is 0 Å². The van der Waals surface area contributed by atoms with Gasteiger partial charge in [-0.05, 0) is 24.2 Å². The minimum Gasteiger partial charge on any atom is -0.355 e. The number of carbonyl (C=O) groups is 1. The number of carbonyl (C=O) groups excluding carboxylic acids is 1. The summed E-state index contributed by atoms with van der Waals surface area (Å²) in [5.74, 6) is 0.685. The Bertz CT molecular complexity index is 266. The third-order valence-electron chi connectivity index (χ3n) is 4.60. The first kappa shape index (κ1) is 18.4. The Kier molecular flexibility index (Phi) is 7.65. The molecule has 19 heavy (non-hydrogen) atoms. The van der Waals surface area contributed by atoms with E-state index in [4.69, 9.17) is 5.73 Å². The minimum atomic E-state index is -0.365. The number of amides is 1. The van der Waals surface area contributed by atoms with E-state index in [2.05, 4.69) is 46.9 Å². The number of hydrogen-bond donors (Lipinski definition) is 2. The lowest BCUT2D eigenvalue weighted by Crippen LogP contribution is -2.48. The van der Waals surface area contributed by atoms with Gasteiger partial charge in [-0.15, -0.1) is 0 Å². The third-order valence-corrected chi connectivity index (χ3v) is 4.60. The molecule has 0 aromatic heterocycles. The molecule has 0 aromatic carbocycles. The number of nitrogens with one attached hydrogen (secondary N) is 1. The molecule has 0 aliphatic heterocycles. The number of rotatable bonds is 9. The van der Waals surface area contributed by atoms with Crippen LogP contribution in [-0.2, 0) is 4.79 Å². The van der Waals surface area contributed by atoms with Gasteiger partial charge in [0.2, 0.25) is 5.91 Å². The number of hydrogen-bond acceptors (Lipinski definition) is 2. The van der Waals surface area contributed by atoms with Crippen molar-refractivity contribution in [2.24, 2.45) is 22.5 Å². The second-order valence-electron chi connectivity index (χ2n) is 6.81. The molecule has 114 valence electrons. The molecule has 0 spiro atoms. The largest absolute Gasteiger partial charge is 0.355 e. The summed E-state index contributed by atoms with van der Waals surface area (Å²) in [5, 5.41) is 3.15. The fourth-order valence-electron chi connectivity index (χ4n) is 2.31. The van der Waals surface area contributed by atoms with Crippen molar-refractivity contribution in [3.8, 4) is 0 Å². The van der Waals surface area contributed by atoms with E-state index >= 15 is 0 Å². The molecule has 3 nitrogen and oxygen atoms in total. The lowest BCUT2D eigenvalue weighted by Gasteiger charge is -2.34. The van der Waals surface area contributed by atoms with E-state index in [1.54, 1.807) is 0 Å². The zero-order valence-corrected chi connectivity index (χ0v) is 13.8. The molecule has 0 saturated carbocycles.